The van der Waals surface area contributed by atoms with Crippen molar-refractivity contribution in [2.75, 3.05) is 6.54 Å². The summed E-state index contributed by atoms with van der Waals surface area (Å²) in [6, 6.07) is 12.6. The van der Waals surface area contributed by atoms with Gasteiger partial charge in [0.2, 0.25) is 5.88 Å². The Balaban J connectivity index is 1.45. The molecule has 1 aromatic heterocycles. The zero-order valence-electron chi connectivity index (χ0n) is 20.4. The van der Waals surface area contributed by atoms with Gasteiger partial charge in [-0.2, -0.15) is 0 Å². The molecule has 0 saturated carbocycles. The number of carbonyl (C=O) groups is 2. The van der Waals surface area contributed by atoms with E-state index in [1.807, 2.05) is 0 Å². The molecule has 0 aliphatic carbocycles. The quantitative estimate of drug-likeness (QED) is 0.516. The molecule has 0 unspecified atom stereocenters. The molecule has 2 aromatic carbocycles. The molecular weight excluding hydrogens is 501 g/mol. The number of nitrogens with zero attached hydrogens (tertiary/aromatic N) is 2. The average Bonchev–Trinajstić information content (AvgIpc) is 3.14. The van der Waals surface area contributed by atoms with Crippen LogP contribution in [0.5, 0.6) is 11.6 Å². The van der Waals surface area contributed by atoms with Gasteiger partial charge in [0, 0.05) is 5.56 Å². The molecule has 11 heteroatoms. The summed E-state index contributed by atoms with van der Waals surface area (Å²) in [5, 5.41) is 4.82. The molecule has 2 N–H and O–H groups in total. The molecule has 3 amide bonds. The Labute approximate surface area is 216 Å². The molecular formula is C27H25F3N4O4. The molecule has 198 valence electrons. The second kappa shape index (κ2) is 10.2. The first-order valence-electron chi connectivity index (χ1n) is 12.0. The minimum absolute atomic E-state index is 0.0421. The lowest BCUT2D eigenvalue weighted by molar-refractivity contribution is -0.0115. The number of halogens is 3. The molecule has 3 aromatic rings. The number of nitrogens with one attached hydrogen (secondary N) is 2. The number of hydrogen-bond acceptors (Lipinski definition) is 5. The van der Waals surface area contributed by atoms with E-state index in [1.54, 1.807) is 49.4 Å². The van der Waals surface area contributed by atoms with E-state index < -0.39 is 42.5 Å². The van der Waals surface area contributed by atoms with E-state index in [2.05, 4.69) is 15.6 Å². The van der Waals surface area contributed by atoms with Gasteiger partial charge in [0.15, 0.2) is 11.6 Å². The highest BCUT2D eigenvalue weighted by Crippen LogP contribution is 2.36. The summed E-state index contributed by atoms with van der Waals surface area (Å²) in [7, 11) is 0. The monoisotopic (exact) mass is 526 g/mol. The van der Waals surface area contributed by atoms with Crippen LogP contribution in [0.25, 0.3) is 0 Å². The molecule has 8 nitrogen and oxygen atoms in total. The maximum absolute atomic E-state index is 15.5. The number of alkyl halides is 2. The third-order valence-corrected chi connectivity index (χ3v) is 6.58. The molecule has 4 bridgehead atoms. The van der Waals surface area contributed by atoms with Crippen molar-refractivity contribution in [2.45, 2.75) is 44.5 Å². The Morgan fingerprint density at radius 3 is 2.76 bits per heavy atom. The SMILES string of the molecule is Cc1ccc2nc1Oc1cccc(c1F)C[C@H]1[C@@H](NC(=O)OCc3ccccc3)C(F)(F)CN1C(=O)NC2. The molecule has 2 aliphatic rings. The van der Waals surface area contributed by atoms with Gasteiger partial charge in [-0.3, -0.25) is 0 Å². The van der Waals surface area contributed by atoms with Crippen molar-refractivity contribution >= 4 is 12.1 Å². The van der Waals surface area contributed by atoms with E-state index >= 15 is 13.2 Å². The van der Waals surface area contributed by atoms with Crippen molar-refractivity contribution < 1.29 is 32.2 Å². The van der Waals surface area contributed by atoms with E-state index in [-0.39, 0.29) is 36.8 Å². The second-order valence-electron chi connectivity index (χ2n) is 9.26. The number of hydrogen-bond donors (Lipinski definition) is 2. The predicted octanol–water partition coefficient (Wildman–Crippen LogP) is 4.70. The summed E-state index contributed by atoms with van der Waals surface area (Å²) in [5.41, 5.74) is 1.77. The smallest absolute Gasteiger partial charge is 0.407 e. The third-order valence-electron chi connectivity index (χ3n) is 6.58. The summed E-state index contributed by atoms with van der Waals surface area (Å²) < 4.78 is 56.9. The van der Waals surface area contributed by atoms with Crippen LogP contribution in [0.4, 0.5) is 22.8 Å². The van der Waals surface area contributed by atoms with E-state index in [4.69, 9.17) is 9.47 Å². The number of pyridine rings is 1. The highest BCUT2D eigenvalue weighted by molar-refractivity contribution is 5.76. The van der Waals surface area contributed by atoms with Crippen LogP contribution >= 0.6 is 0 Å². The van der Waals surface area contributed by atoms with Crippen molar-refractivity contribution in [1.82, 2.24) is 20.5 Å². The largest absolute Gasteiger partial charge is 0.445 e. The predicted molar refractivity (Wildman–Crippen MR) is 130 cm³/mol. The lowest BCUT2D eigenvalue weighted by Crippen LogP contribution is -2.53. The topological polar surface area (TPSA) is 92.8 Å². The molecule has 3 heterocycles. The van der Waals surface area contributed by atoms with Crippen molar-refractivity contribution in [3.05, 3.63) is 88.9 Å². The number of rotatable bonds is 3. The molecule has 38 heavy (non-hydrogen) atoms. The fraction of sp³-hybridized carbons (Fsp3) is 0.296. The number of ether oxygens (including phenoxy) is 2. The van der Waals surface area contributed by atoms with Crippen LogP contribution in [0.3, 0.4) is 0 Å². The molecule has 1 saturated heterocycles. The van der Waals surface area contributed by atoms with Gasteiger partial charge in [0.05, 0.1) is 24.8 Å². The standard InChI is InChI=1S/C27H25F3N4O4/c1-16-10-11-19-13-31-25(35)34-15-27(29,30)23(33-26(36)37-14-17-6-3-2-4-7-17)20(34)12-18-8-5-9-21(22(18)28)38-24(16)32-19/h2-11,20,23H,12-15H2,1H3,(H,31,35)(H,33,36)/t20-,23+/m0/s1. The van der Waals surface area contributed by atoms with E-state index in [9.17, 15) is 9.59 Å². The first-order valence-corrected chi connectivity index (χ1v) is 12.0. The van der Waals surface area contributed by atoms with Crippen LogP contribution < -0.4 is 15.4 Å². The van der Waals surface area contributed by atoms with Crippen molar-refractivity contribution in [1.29, 1.82) is 0 Å². The Morgan fingerprint density at radius 1 is 1.18 bits per heavy atom. The minimum Gasteiger partial charge on any atom is -0.445 e. The molecule has 0 spiro atoms. The number of alkyl carbamates (subject to hydrolysis) is 1. The van der Waals surface area contributed by atoms with Crippen LogP contribution in [-0.4, -0.2) is 46.6 Å². The summed E-state index contributed by atoms with van der Waals surface area (Å²) in [5.74, 6) is -4.24. The fourth-order valence-corrected chi connectivity index (χ4v) is 4.59. The van der Waals surface area contributed by atoms with Crippen molar-refractivity contribution in [3.63, 3.8) is 0 Å². The van der Waals surface area contributed by atoms with Gasteiger partial charge in [0.1, 0.15) is 12.6 Å². The second-order valence-corrected chi connectivity index (χ2v) is 9.26. The Bertz CT molecular complexity index is 1360. The normalized spacial score (nSPS) is 20.1. The first-order chi connectivity index (χ1) is 18.2. The van der Waals surface area contributed by atoms with Crippen LogP contribution in [-0.2, 0) is 24.3 Å². The Kier molecular flexibility index (Phi) is 6.83. The molecule has 2 aliphatic heterocycles. The number of carbonyl (C=O) groups excluding carboxylic acids is 2. The maximum atomic E-state index is 15.5. The molecule has 2 atom stereocenters. The van der Waals surface area contributed by atoms with Gasteiger partial charge >= 0.3 is 12.1 Å². The van der Waals surface area contributed by atoms with E-state index in [1.165, 1.54) is 18.2 Å². The van der Waals surface area contributed by atoms with Crippen molar-refractivity contribution in [2.24, 2.45) is 0 Å². The summed E-state index contributed by atoms with van der Waals surface area (Å²) in [6.07, 6.45) is -1.38. The van der Waals surface area contributed by atoms with Crippen LogP contribution in [0.1, 0.15) is 22.4 Å². The van der Waals surface area contributed by atoms with Gasteiger partial charge in [-0.1, -0.05) is 48.5 Å². The zero-order valence-corrected chi connectivity index (χ0v) is 20.4. The number of amides is 3. The lowest BCUT2D eigenvalue weighted by atomic mass is 9.98. The van der Waals surface area contributed by atoms with Gasteiger partial charge < -0.3 is 25.0 Å². The molecule has 5 rings (SSSR count). The van der Waals surface area contributed by atoms with Crippen LogP contribution in [0, 0.1) is 12.7 Å². The molecule has 0 radical (unpaired) electrons. The third kappa shape index (κ3) is 5.22. The van der Waals surface area contributed by atoms with Gasteiger partial charge in [0.25, 0.3) is 5.92 Å². The minimum atomic E-state index is -3.51. The highest BCUT2D eigenvalue weighted by atomic mass is 19.3. The van der Waals surface area contributed by atoms with Crippen LogP contribution in [0.2, 0.25) is 0 Å². The number of aromatic nitrogens is 1. The summed E-state index contributed by atoms with van der Waals surface area (Å²) in [4.78, 5) is 30.9. The summed E-state index contributed by atoms with van der Waals surface area (Å²) in [6.45, 7) is 0.577. The number of benzene rings is 2. The number of aryl methyl sites for hydroxylation is 1. The van der Waals surface area contributed by atoms with E-state index in [0.717, 1.165) is 4.90 Å². The van der Waals surface area contributed by atoms with Crippen LogP contribution in [0.15, 0.2) is 60.7 Å². The number of urea groups is 1. The number of fused-ring (bicyclic) bond motifs is 5. The maximum Gasteiger partial charge on any atom is 0.407 e. The van der Waals surface area contributed by atoms with Gasteiger partial charge in [-0.15, -0.1) is 0 Å². The highest BCUT2D eigenvalue weighted by Gasteiger charge is 2.57. The summed E-state index contributed by atoms with van der Waals surface area (Å²) >= 11 is 0. The van der Waals surface area contributed by atoms with Crippen molar-refractivity contribution in [3.8, 4) is 11.6 Å². The lowest BCUT2D eigenvalue weighted by Gasteiger charge is -2.28. The van der Waals surface area contributed by atoms with Gasteiger partial charge in [-0.25, -0.2) is 27.7 Å². The Morgan fingerprint density at radius 2 is 1.97 bits per heavy atom. The van der Waals surface area contributed by atoms with E-state index in [0.29, 0.717) is 16.8 Å². The first kappa shape index (κ1) is 25.4. The fourth-order valence-electron chi connectivity index (χ4n) is 4.59. The zero-order chi connectivity index (χ0) is 26.9. The molecule has 1 fully saturated rings. The average molecular weight is 527 g/mol. The Hall–Kier alpha value is -4.28. The van der Waals surface area contributed by atoms with Gasteiger partial charge in [-0.05, 0) is 36.6 Å².